The molecule has 1 heterocycles. The number of likely N-dealkylation sites (N-methyl/N-ethyl adjacent to an activating group) is 1. The second kappa shape index (κ2) is 55.0. The van der Waals surface area contributed by atoms with E-state index in [0.29, 0.717) is 6.54 Å². The Labute approximate surface area is 474 Å². The molecule has 0 amide bonds. The molecule has 0 aliphatic carbocycles. The molecule has 448 valence electrons. The van der Waals surface area contributed by atoms with Crippen LogP contribution in [0.5, 0.6) is 0 Å². The van der Waals surface area contributed by atoms with Crippen molar-refractivity contribution >= 4 is 23.9 Å². The van der Waals surface area contributed by atoms with Crippen molar-refractivity contribution in [2.45, 2.75) is 297 Å². The Bertz CT molecular complexity index is 1320. The van der Waals surface area contributed by atoms with E-state index in [4.69, 9.17) is 18.9 Å². The van der Waals surface area contributed by atoms with E-state index in [2.05, 4.69) is 74.1 Å². The Balaban J connectivity index is 2.80. The summed E-state index contributed by atoms with van der Waals surface area (Å²) in [6.45, 7) is 10.3. The van der Waals surface area contributed by atoms with Crippen molar-refractivity contribution in [2.75, 3.05) is 66.2 Å². The van der Waals surface area contributed by atoms with Gasteiger partial charge in [-0.05, 0) is 103 Å². The van der Waals surface area contributed by atoms with Gasteiger partial charge in [-0.1, -0.05) is 211 Å². The topological polar surface area (TPSA) is 112 Å². The Hall–Kier alpha value is -2.98. The predicted molar refractivity (Wildman–Crippen MR) is 323 cm³/mol. The van der Waals surface area contributed by atoms with E-state index in [0.717, 1.165) is 142 Å². The van der Waals surface area contributed by atoms with Crippen molar-refractivity contribution in [2.24, 2.45) is 5.41 Å². The maximum Gasteiger partial charge on any atom is 0.307 e. The van der Waals surface area contributed by atoms with Crippen molar-refractivity contribution in [3.8, 4) is 0 Å². The van der Waals surface area contributed by atoms with Crippen LogP contribution in [-0.2, 0) is 38.1 Å². The number of allylic oxidation sites excluding steroid dienone is 6. The minimum absolute atomic E-state index is 0.190. The number of hydrogen-bond donors (Lipinski definition) is 0. The lowest BCUT2D eigenvalue weighted by Gasteiger charge is -2.33. The summed E-state index contributed by atoms with van der Waals surface area (Å²) in [4.78, 5) is 57.8. The van der Waals surface area contributed by atoms with Crippen LogP contribution in [0.4, 0.5) is 0 Å². The van der Waals surface area contributed by atoms with Crippen molar-refractivity contribution in [1.29, 1.82) is 0 Å². The number of carbonyl (C=O) groups excluding carboxylic acids is 4. The van der Waals surface area contributed by atoms with Crippen molar-refractivity contribution in [3.63, 3.8) is 0 Å². The number of nitrogens with zero attached hydrogens (tertiary/aromatic N) is 2. The molecule has 0 radical (unpaired) electrons. The normalized spacial score (nSPS) is 13.6. The standard InChI is InChI=1S/C67H122N2O8/c1-5-8-11-14-17-20-23-26-29-32-35-38-41-44-47-50-63(70)74-59-67(62-77-66(73)53-54-69-57-55-68(4)56-58-69,60-75-64(71)51-48-45-42-39-36-33-30-27-24-21-18-15-12-9-6-2)61-76-65(72)52-49-46-43-40-37-34-31-28-25-22-19-16-13-10-7-3/h26-31H,5-25,32-62H2,1-4H3/b29-26-,30-27-,31-28-. The maximum atomic E-state index is 13.3. The minimum Gasteiger partial charge on any atom is -0.465 e. The zero-order chi connectivity index (χ0) is 55.8. The molecular formula is C67H122N2O8. The molecule has 0 aromatic carbocycles. The molecule has 0 atom stereocenters. The van der Waals surface area contributed by atoms with Gasteiger partial charge in [0.2, 0.25) is 0 Å². The molecule has 0 aromatic rings. The molecule has 1 saturated heterocycles. The highest BCUT2D eigenvalue weighted by Crippen LogP contribution is 2.24. The monoisotopic (exact) mass is 1080 g/mol. The zero-order valence-electron chi connectivity index (χ0n) is 50.9. The van der Waals surface area contributed by atoms with Crippen molar-refractivity contribution in [1.82, 2.24) is 9.80 Å². The second-order valence-electron chi connectivity index (χ2n) is 23.0. The number of esters is 4. The highest BCUT2D eigenvalue weighted by atomic mass is 16.6. The van der Waals surface area contributed by atoms with Crippen LogP contribution in [0.15, 0.2) is 36.5 Å². The number of rotatable bonds is 56. The molecular weight excluding hydrogens is 961 g/mol. The molecule has 0 unspecified atom stereocenters. The van der Waals surface area contributed by atoms with Crippen LogP contribution in [0.2, 0.25) is 0 Å². The van der Waals surface area contributed by atoms with E-state index in [1.54, 1.807) is 0 Å². The first-order chi connectivity index (χ1) is 37.7. The summed E-state index contributed by atoms with van der Waals surface area (Å²) in [6.07, 6.45) is 60.8. The van der Waals surface area contributed by atoms with Crippen LogP contribution < -0.4 is 0 Å². The SMILES string of the molecule is CCCCCCCC/C=C\CCCCCCCC(=O)OCC(COC(=O)CCCCCCC/C=C\CCCCCCCC)(COC(=O)CCCCCCC/C=C\CCCCCCCC)COC(=O)CCN1CCN(C)CC1. The van der Waals surface area contributed by atoms with E-state index in [1.165, 1.54) is 135 Å². The van der Waals surface area contributed by atoms with E-state index in [1.807, 2.05) is 0 Å². The predicted octanol–water partition coefficient (Wildman–Crippen LogP) is 17.9. The average Bonchev–Trinajstić information content (AvgIpc) is 3.43. The van der Waals surface area contributed by atoms with E-state index in [-0.39, 0.29) is 76.0 Å². The number of ether oxygens (including phenoxy) is 4. The van der Waals surface area contributed by atoms with Gasteiger partial charge in [-0.2, -0.15) is 0 Å². The molecule has 0 N–H and O–H groups in total. The van der Waals surface area contributed by atoms with Gasteiger partial charge < -0.3 is 28.7 Å². The molecule has 0 saturated carbocycles. The summed E-state index contributed by atoms with van der Waals surface area (Å²) in [5.41, 5.74) is -1.24. The fourth-order valence-corrected chi connectivity index (χ4v) is 9.81. The fourth-order valence-electron chi connectivity index (χ4n) is 9.81. The third kappa shape index (κ3) is 48.6. The summed E-state index contributed by atoms with van der Waals surface area (Å²) in [7, 11) is 2.10. The summed E-state index contributed by atoms with van der Waals surface area (Å²) in [5.74, 6) is -1.44. The first-order valence-corrected chi connectivity index (χ1v) is 32.7. The third-order valence-corrected chi connectivity index (χ3v) is 15.3. The summed E-state index contributed by atoms with van der Waals surface area (Å²) >= 11 is 0. The number of piperazine rings is 1. The maximum absolute atomic E-state index is 13.3. The van der Waals surface area contributed by atoms with Gasteiger partial charge >= 0.3 is 23.9 Å². The molecule has 0 aromatic heterocycles. The molecule has 1 fully saturated rings. The number of carbonyl (C=O) groups is 4. The molecule has 10 nitrogen and oxygen atoms in total. The van der Waals surface area contributed by atoms with E-state index >= 15 is 0 Å². The zero-order valence-corrected chi connectivity index (χ0v) is 50.9. The molecule has 1 aliphatic heterocycles. The molecule has 10 heteroatoms. The van der Waals surface area contributed by atoms with Crippen LogP contribution in [0.3, 0.4) is 0 Å². The first kappa shape index (κ1) is 72.0. The molecule has 77 heavy (non-hydrogen) atoms. The lowest BCUT2D eigenvalue weighted by Crippen LogP contribution is -2.45. The van der Waals surface area contributed by atoms with Gasteiger partial charge in [0, 0.05) is 52.0 Å². The lowest BCUT2D eigenvalue weighted by molar-refractivity contribution is -0.170. The van der Waals surface area contributed by atoms with Crippen molar-refractivity contribution < 1.29 is 38.1 Å². The van der Waals surface area contributed by atoms with Crippen LogP contribution in [0, 0.1) is 5.41 Å². The molecule has 0 bridgehead atoms. The summed E-state index contributed by atoms with van der Waals surface area (Å²) in [6, 6.07) is 0. The fraction of sp³-hybridized carbons (Fsp3) is 0.851. The van der Waals surface area contributed by atoms with Gasteiger partial charge in [-0.15, -0.1) is 0 Å². The largest absolute Gasteiger partial charge is 0.465 e. The van der Waals surface area contributed by atoms with Gasteiger partial charge in [-0.3, -0.25) is 19.2 Å². The van der Waals surface area contributed by atoms with E-state index < -0.39 is 5.41 Å². The van der Waals surface area contributed by atoms with Crippen LogP contribution in [-0.4, -0.2) is 99.9 Å². The minimum atomic E-state index is -1.24. The van der Waals surface area contributed by atoms with Gasteiger partial charge in [-0.25, -0.2) is 0 Å². The Kier molecular flexibility index (Phi) is 51.4. The Morgan fingerprint density at radius 3 is 0.831 bits per heavy atom. The highest BCUT2D eigenvalue weighted by molar-refractivity contribution is 5.71. The molecule has 1 aliphatic rings. The third-order valence-electron chi connectivity index (χ3n) is 15.3. The Morgan fingerprint density at radius 2 is 0.558 bits per heavy atom. The summed E-state index contributed by atoms with van der Waals surface area (Å²) < 4.78 is 23.7. The van der Waals surface area contributed by atoms with Gasteiger partial charge in [0.15, 0.2) is 0 Å². The number of unbranched alkanes of at least 4 members (excludes halogenated alkanes) is 33. The molecule has 0 spiro atoms. The van der Waals surface area contributed by atoms with Crippen LogP contribution in [0.25, 0.3) is 0 Å². The second-order valence-corrected chi connectivity index (χ2v) is 23.0. The van der Waals surface area contributed by atoms with Crippen LogP contribution >= 0.6 is 0 Å². The van der Waals surface area contributed by atoms with Gasteiger partial charge in [0.1, 0.15) is 31.8 Å². The smallest absolute Gasteiger partial charge is 0.307 e. The average molecular weight is 1080 g/mol. The highest BCUT2D eigenvalue weighted by Gasteiger charge is 2.38. The molecule has 1 rings (SSSR count). The first-order valence-electron chi connectivity index (χ1n) is 32.7. The number of hydrogen-bond acceptors (Lipinski definition) is 10. The van der Waals surface area contributed by atoms with Crippen molar-refractivity contribution in [3.05, 3.63) is 36.5 Å². The summed E-state index contributed by atoms with van der Waals surface area (Å²) in [5, 5.41) is 0. The van der Waals surface area contributed by atoms with Crippen LogP contribution in [0.1, 0.15) is 297 Å². The van der Waals surface area contributed by atoms with E-state index in [9.17, 15) is 19.2 Å². The lowest BCUT2D eigenvalue weighted by atomic mass is 9.92. The Morgan fingerprint density at radius 1 is 0.325 bits per heavy atom. The quantitative estimate of drug-likeness (QED) is 0.0253. The van der Waals surface area contributed by atoms with Gasteiger partial charge in [0.25, 0.3) is 0 Å². The van der Waals surface area contributed by atoms with Gasteiger partial charge in [0.05, 0.1) is 6.42 Å².